The Morgan fingerprint density at radius 2 is 1.88 bits per heavy atom. The molecular formula is C30H48O3. The highest BCUT2D eigenvalue weighted by Crippen LogP contribution is 2.82. The molecule has 5 fully saturated rings. The van der Waals surface area contributed by atoms with Gasteiger partial charge < -0.3 is 9.47 Å². The van der Waals surface area contributed by atoms with Crippen LogP contribution in [-0.2, 0) is 14.3 Å². The summed E-state index contributed by atoms with van der Waals surface area (Å²) >= 11 is 0. The lowest BCUT2D eigenvalue weighted by Gasteiger charge is -2.61. The molecule has 10 atom stereocenters. The number of carbonyl (C=O) groups excluding carboxylic acids is 1. The van der Waals surface area contributed by atoms with Gasteiger partial charge in [0.05, 0.1) is 6.10 Å². The zero-order valence-electron chi connectivity index (χ0n) is 22.3. The molecule has 0 aromatic rings. The highest BCUT2D eigenvalue weighted by Gasteiger charge is 2.77. The Balaban J connectivity index is 1.31. The molecule has 0 saturated heterocycles. The Labute approximate surface area is 202 Å². The van der Waals surface area contributed by atoms with E-state index in [1.807, 2.05) is 21.0 Å². The fraction of sp³-hybridized carbons (Fsp3) is 0.900. The smallest absolute Gasteiger partial charge is 0.303 e. The van der Waals surface area contributed by atoms with Crippen molar-refractivity contribution < 1.29 is 14.3 Å². The Morgan fingerprint density at radius 3 is 2.55 bits per heavy atom. The molecule has 5 saturated carbocycles. The fourth-order valence-corrected chi connectivity index (χ4v) is 10.6. The van der Waals surface area contributed by atoms with Crippen LogP contribution >= 0.6 is 0 Å². The topological polar surface area (TPSA) is 35.5 Å². The van der Waals surface area contributed by atoms with Crippen molar-refractivity contribution in [3.05, 3.63) is 12.2 Å². The van der Waals surface area contributed by atoms with E-state index in [9.17, 15) is 4.79 Å². The van der Waals surface area contributed by atoms with Crippen LogP contribution < -0.4 is 0 Å². The molecule has 0 heterocycles. The number of methoxy groups -OCH3 is 1. The van der Waals surface area contributed by atoms with Gasteiger partial charge in [0.2, 0.25) is 0 Å². The number of ether oxygens (including phenoxy) is 2. The predicted octanol–water partition coefficient (Wildman–Crippen LogP) is 7.19. The number of esters is 1. The van der Waals surface area contributed by atoms with Crippen LogP contribution in [-0.4, -0.2) is 24.8 Å². The number of carbonyl (C=O) groups is 1. The van der Waals surface area contributed by atoms with Crippen molar-refractivity contribution in [2.45, 2.75) is 111 Å². The van der Waals surface area contributed by atoms with E-state index in [0.717, 1.165) is 36.0 Å². The van der Waals surface area contributed by atoms with Crippen LogP contribution in [0.5, 0.6) is 0 Å². The van der Waals surface area contributed by atoms with Gasteiger partial charge in [0, 0.05) is 25.9 Å². The van der Waals surface area contributed by atoms with E-state index in [2.05, 4.69) is 32.9 Å². The van der Waals surface area contributed by atoms with Crippen LogP contribution in [0.25, 0.3) is 0 Å². The minimum atomic E-state index is -0.424. The third-order valence-electron chi connectivity index (χ3n) is 12.0. The predicted molar refractivity (Wildman–Crippen MR) is 133 cm³/mol. The summed E-state index contributed by atoms with van der Waals surface area (Å²) in [6.07, 6.45) is 17.3. The first-order valence-corrected chi connectivity index (χ1v) is 13.9. The van der Waals surface area contributed by atoms with Gasteiger partial charge in [-0.25, -0.2) is 0 Å². The lowest BCUT2D eigenvalue weighted by molar-refractivity contribution is -0.160. The molecule has 3 nitrogen and oxygen atoms in total. The lowest BCUT2D eigenvalue weighted by atomic mass is 9.45. The number of hydrogen-bond donors (Lipinski definition) is 0. The van der Waals surface area contributed by atoms with Gasteiger partial charge in [-0.1, -0.05) is 32.9 Å². The number of rotatable bonds is 6. The Kier molecular flexibility index (Phi) is 5.67. The maximum absolute atomic E-state index is 11.4. The maximum atomic E-state index is 11.4. The summed E-state index contributed by atoms with van der Waals surface area (Å²) in [6.45, 7) is 13.3. The van der Waals surface area contributed by atoms with Gasteiger partial charge in [0.25, 0.3) is 0 Å². The SMILES string of the molecule is CO[C@@H]1C[C@H]2[C@@H]3CC[C@H]([C@H](C)C=CCC(C)(C)OC(C)=O)[C@@]3(C)CC[C@@H]2[C@@]2(C)CC[C@H]3C[C@]312. The normalized spacial score (nSPS) is 49.2. The second-order valence-electron chi connectivity index (χ2n) is 13.8. The van der Waals surface area contributed by atoms with E-state index in [4.69, 9.17) is 9.47 Å². The van der Waals surface area contributed by atoms with E-state index in [-0.39, 0.29) is 5.97 Å². The van der Waals surface area contributed by atoms with Gasteiger partial charge in [0.1, 0.15) is 5.60 Å². The molecule has 0 N–H and O–H groups in total. The summed E-state index contributed by atoms with van der Waals surface area (Å²) in [5, 5.41) is 0. The van der Waals surface area contributed by atoms with Crippen LogP contribution in [0.2, 0.25) is 0 Å². The molecule has 186 valence electrons. The molecule has 0 amide bonds. The molecule has 0 bridgehead atoms. The van der Waals surface area contributed by atoms with Gasteiger partial charge in [-0.2, -0.15) is 0 Å². The van der Waals surface area contributed by atoms with Crippen LogP contribution in [0.4, 0.5) is 0 Å². The van der Waals surface area contributed by atoms with Crippen molar-refractivity contribution in [2.24, 2.45) is 51.8 Å². The molecule has 5 rings (SSSR count). The molecule has 0 aromatic heterocycles. The lowest BCUT2D eigenvalue weighted by Crippen LogP contribution is -2.57. The Bertz CT molecular complexity index is 815. The Hall–Kier alpha value is -0.830. The largest absolute Gasteiger partial charge is 0.460 e. The third-order valence-corrected chi connectivity index (χ3v) is 12.0. The van der Waals surface area contributed by atoms with E-state index >= 15 is 0 Å². The second-order valence-corrected chi connectivity index (χ2v) is 13.8. The van der Waals surface area contributed by atoms with Crippen molar-refractivity contribution in [3.8, 4) is 0 Å². The standard InChI is InChI=1S/C30H48O3/c1-19(9-8-14-27(3,4)33-20(2)31)23-10-11-24-22-17-26(32-7)30-18-21(30)12-16-29(30,6)25(22)13-15-28(23,24)5/h8-9,19,21-26H,10-18H2,1-7H3/t19-,21+,22+,23-,24+,25+,26-,28-,29-,30+/m1/s1. The van der Waals surface area contributed by atoms with Gasteiger partial charge in [-0.3, -0.25) is 4.79 Å². The number of allylic oxidation sites excluding steroid dienone is 1. The van der Waals surface area contributed by atoms with Crippen LogP contribution in [0.15, 0.2) is 12.2 Å². The minimum absolute atomic E-state index is 0.193. The average molecular weight is 457 g/mol. The highest BCUT2D eigenvalue weighted by molar-refractivity contribution is 5.66. The van der Waals surface area contributed by atoms with Crippen LogP contribution in [0, 0.1) is 51.8 Å². The van der Waals surface area contributed by atoms with Crippen LogP contribution in [0.3, 0.4) is 0 Å². The highest BCUT2D eigenvalue weighted by atomic mass is 16.6. The van der Waals surface area contributed by atoms with E-state index in [1.165, 1.54) is 58.3 Å². The van der Waals surface area contributed by atoms with Gasteiger partial charge in [-0.05, 0) is 112 Å². The zero-order chi connectivity index (χ0) is 23.8. The molecule has 5 aliphatic carbocycles. The maximum Gasteiger partial charge on any atom is 0.303 e. The van der Waals surface area contributed by atoms with Crippen molar-refractivity contribution >= 4 is 5.97 Å². The first kappa shape index (κ1) is 23.9. The number of hydrogen-bond acceptors (Lipinski definition) is 3. The molecule has 0 unspecified atom stereocenters. The third kappa shape index (κ3) is 3.41. The first-order valence-electron chi connectivity index (χ1n) is 13.9. The molecule has 33 heavy (non-hydrogen) atoms. The summed E-state index contributed by atoms with van der Waals surface area (Å²) in [7, 11) is 2.00. The van der Waals surface area contributed by atoms with Crippen molar-refractivity contribution in [1.82, 2.24) is 0 Å². The summed E-state index contributed by atoms with van der Waals surface area (Å²) in [6, 6.07) is 0. The monoisotopic (exact) mass is 456 g/mol. The average Bonchev–Trinajstić information content (AvgIpc) is 3.23. The summed E-state index contributed by atoms with van der Waals surface area (Å²) in [5.74, 6) is 4.74. The van der Waals surface area contributed by atoms with Gasteiger partial charge in [0.15, 0.2) is 0 Å². The summed E-state index contributed by atoms with van der Waals surface area (Å²) in [5.41, 5.74) is 1.08. The number of fused-ring (bicyclic) bond motifs is 4. The molecule has 0 aliphatic heterocycles. The second kappa shape index (κ2) is 7.84. The molecule has 0 radical (unpaired) electrons. The Morgan fingerprint density at radius 1 is 1.12 bits per heavy atom. The molecule has 3 heteroatoms. The van der Waals surface area contributed by atoms with E-state index < -0.39 is 5.60 Å². The van der Waals surface area contributed by atoms with Gasteiger partial charge >= 0.3 is 5.97 Å². The minimum Gasteiger partial charge on any atom is -0.460 e. The fourth-order valence-electron chi connectivity index (χ4n) is 10.6. The zero-order valence-corrected chi connectivity index (χ0v) is 22.3. The van der Waals surface area contributed by atoms with Crippen LogP contribution in [0.1, 0.15) is 99.3 Å². The van der Waals surface area contributed by atoms with Crippen molar-refractivity contribution in [1.29, 1.82) is 0 Å². The first-order chi connectivity index (χ1) is 15.5. The van der Waals surface area contributed by atoms with Crippen molar-refractivity contribution in [3.63, 3.8) is 0 Å². The molecule has 5 aliphatic rings. The summed E-state index contributed by atoms with van der Waals surface area (Å²) in [4.78, 5) is 11.4. The molecular weight excluding hydrogens is 408 g/mol. The summed E-state index contributed by atoms with van der Waals surface area (Å²) < 4.78 is 11.8. The van der Waals surface area contributed by atoms with E-state index in [0.29, 0.717) is 28.3 Å². The van der Waals surface area contributed by atoms with Crippen molar-refractivity contribution in [2.75, 3.05) is 7.11 Å². The van der Waals surface area contributed by atoms with E-state index in [1.54, 1.807) is 0 Å². The van der Waals surface area contributed by atoms with Gasteiger partial charge in [-0.15, -0.1) is 0 Å². The molecule has 1 spiro atoms. The quantitative estimate of drug-likeness (QED) is 0.313. The molecule has 0 aromatic carbocycles.